The number of benzene rings is 1. The highest BCUT2D eigenvalue weighted by Crippen LogP contribution is 2.32. The van der Waals surface area contributed by atoms with E-state index in [1.54, 1.807) is 14.2 Å². The quantitative estimate of drug-likeness (QED) is 0.786. The van der Waals surface area contributed by atoms with E-state index in [4.69, 9.17) is 13.9 Å². The van der Waals surface area contributed by atoms with Crippen molar-refractivity contribution in [2.75, 3.05) is 20.8 Å². The molecule has 1 heterocycles. The highest BCUT2D eigenvalue weighted by Gasteiger charge is 2.09. The molecule has 1 N–H and O–H groups in total. The second kappa shape index (κ2) is 7.01. The highest BCUT2D eigenvalue weighted by molar-refractivity contribution is 5.62. The van der Waals surface area contributed by atoms with E-state index < -0.39 is 0 Å². The predicted octanol–water partition coefficient (Wildman–Crippen LogP) is 3.46. The van der Waals surface area contributed by atoms with Gasteiger partial charge >= 0.3 is 0 Å². The fourth-order valence-corrected chi connectivity index (χ4v) is 2.01. The largest absolute Gasteiger partial charge is 0.493 e. The molecule has 4 nitrogen and oxygen atoms in total. The monoisotopic (exact) mass is 275 g/mol. The molecular formula is C16H21NO3. The number of furan rings is 1. The fourth-order valence-electron chi connectivity index (χ4n) is 2.01. The van der Waals surface area contributed by atoms with Gasteiger partial charge in [-0.05, 0) is 43.3 Å². The van der Waals surface area contributed by atoms with Gasteiger partial charge in [0.1, 0.15) is 11.5 Å². The van der Waals surface area contributed by atoms with Gasteiger partial charge in [-0.3, -0.25) is 0 Å². The van der Waals surface area contributed by atoms with Crippen LogP contribution in [-0.2, 0) is 6.54 Å². The van der Waals surface area contributed by atoms with Crippen molar-refractivity contribution in [1.82, 2.24) is 5.32 Å². The zero-order chi connectivity index (χ0) is 14.4. The molecule has 0 spiro atoms. The molecule has 1 aromatic heterocycles. The molecule has 0 saturated heterocycles. The summed E-state index contributed by atoms with van der Waals surface area (Å²) in [6.45, 7) is 3.89. The van der Waals surface area contributed by atoms with Gasteiger partial charge in [0.25, 0.3) is 0 Å². The van der Waals surface area contributed by atoms with Crippen molar-refractivity contribution >= 4 is 0 Å². The molecule has 0 fully saturated rings. The van der Waals surface area contributed by atoms with E-state index in [0.717, 1.165) is 36.6 Å². The number of methoxy groups -OCH3 is 2. The lowest BCUT2D eigenvalue weighted by molar-refractivity contribution is 0.355. The SMILES string of the molecule is CCCNCc1ccc(-c2ccc(OC)c(OC)c2)o1. The Bertz CT molecular complexity index is 548. The Hall–Kier alpha value is -1.94. The lowest BCUT2D eigenvalue weighted by Crippen LogP contribution is -2.12. The van der Waals surface area contributed by atoms with E-state index in [1.807, 2.05) is 30.3 Å². The van der Waals surface area contributed by atoms with Crippen molar-refractivity contribution in [1.29, 1.82) is 0 Å². The standard InChI is InChI=1S/C16H21NO3/c1-4-9-17-11-13-6-8-14(20-13)12-5-7-15(18-2)16(10-12)19-3/h5-8,10,17H,4,9,11H2,1-3H3. The Morgan fingerprint density at radius 3 is 2.55 bits per heavy atom. The molecule has 4 heteroatoms. The van der Waals surface area contributed by atoms with Gasteiger partial charge in [0.05, 0.1) is 20.8 Å². The molecule has 0 saturated carbocycles. The average Bonchev–Trinajstić information content (AvgIpc) is 2.95. The first-order chi connectivity index (χ1) is 9.78. The average molecular weight is 275 g/mol. The second-order valence-electron chi connectivity index (χ2n) is 4.51. The summed E-state index contributed by atoms with van der Waals surface area (Å²) in [4.78, 5) is 0. The van der Waals surface area contributed by atoms with Crippen molar-refractivity contribution < 1.29 is 13.9 Å². The van der Waals surface area contributed by atoms with Gasteiger partial charge in [-0.1, -0.05) is 6.92 Å². The van der Waals surface area contributed by atoms with Gasteiger partial charge in [0.15, 0.2) is 11.5 Å². The Labute approximate surface area is 119 Å². The maximum Gasteiger partial charge on any atom is 0.161 e. The zero-order valence-corrected chi connectivity index (χ0v) is 12.2. The maximum atomic E-state index is 5.83. The molecule has 2 aromatic rings. The Morgan fingerprint density at radius 2 is 1.85 bits per heavy atom. The van der Waals surface area contributed by atoms with Crippen LogP contribution in [0.4, 0.5) is 0 Å². The van der Waals surface area contributed by atoms with E-state index in [2.05, 4.69) is 12.2 Å². The molecule has 0 bridgehead atoms. The third-order valence-corrected chi connectivity index (χ3v) is 3.06. The molecule has 0 unspecified atom stereocenters. The van der Waals surface area contributed by atoms with Crippen LogP contribution >= 0.6 is 0 Å². The Kier molecular flexibility index (Phi) is 5.07. The highest BCUT2D eigenvalue weighted by atomic mass is 16.5. The molecule has 2 rings (SSSR count). The van der Waals surface area contributed by atoms with Crippen molar-refractivity contribution in [3.8, 4) is 22.8 Å². The van der Waals surface area contributed by atoms with Gasteiger partial charge < -0.3 is 19.2 Å². The molecule has 0 amide bonds. The summed E-state index contributed by atoms with van der Waals surface area (Å²) in [7, 11) is 3.26. The fraction of sp³-hybridized carbons (Fsp3) is 0.375. The van der Waals surface area contributed by atoms with Crippen LogP contribution in [-0.4, -0.2) is 20.8 Å². The zero-order valence-electron chi connectivity index (χ0n) is 12.2. The minimum absolute atomic E-state index is 0.701. The predicted molar refractivity (Wildman–Crippen MR) is 79.2 cm³/mol. The minimum Gasteiger partial charge on any atom is -0.493 e. The van der Waals surface area contributed by atoms with Crippen LogP contribution in [0.25, 0.3) is 11.3 Å². The van der Waals surface area contributed by atoms with E-state index in [9.17, 15) is 0 Å². The van der Waals surface area contributed by atoms with Gasteiger partial charge in [0, 0.05) is 5.56 Å². The van der Waals surface area contributed by atoms with Gasteiger partial charge in [-0.25, -0.2) is 0 Å². The molecule has 0 radical (unpaired) electrons. The Morgan fingerprint density at radius 1 is 1.05 bits per heavy atom. The summed E-state index contributed by atoms with van der Waals surface area (Å²) in [6, 6.07) is 9.73. The van der Waals surface area contributed by atoms with Crippen molar-refractivity contribution in [3.05, 3.63) is 36.1 Å². The van der Waals surface area contributed by atoms with Crippen LogP contribution < -0.4 is 14.8 Å². The van der Waals surface area contributed by atoms with E-state index >= 15 is 0 Å². The summed E-state index contributed by atoms with van der Waals surface area (Å²) in [5.74, 6) is 3.18. The van der Waals surface area contributed by atoms with Crippen LogP contribution in [0.3, 0.4) is 0 Å². The minimum atomic E-state index is 0.701. The number of hydrogen-bond donors (Lipinski definition) is 1. The van der Waals surface area contributed by atoms with Crippen LogP contribution in [0.1, 0.15) is 19.1 Å². The summed E-state index contributed by atoms with van der Waals surface area (Å²) >= 11 is 0. The third-order valence-electron chi connectivity index (χ3n) is 3.06. The first kappa shape index (κ1) is 14.5. The summed E-state index contributed by atoms with van der Waals surface area (Å²) in [5.41, 5.74) is 0.976. The number of ether oxygens (including phenoxy) is 2. The van der Waals surface area contributed by atoms with Crippen molar-refractivity contribution in [2.24, 2.45) is 0 Å². The summed E-state index contributed by atoms with van der Waals surface area (Å²) < 4.78 is 16.4. The molecule has 20 heavy (non-hydrogen) atoms. The number of nitrogens with one attached hydrogen (secondary N) is 1. The first-order valence-electron chi connectivity index (χ1n) is 6.80. The van der Waals surface area contributed by atoms with E-state index in [-0.39, 0.29) is 0 Å². The summed E-state index contributed by atoms with van der Waals surface area (Å²) in [6.07, 6.45) is 1.11. The molecule has 0 atom stereocenters. The van der Waals surface area contributed by atoms with Crippen LogP contribution in [0.15, 0.2) is 34.7 Å². The number of rotatable bonds is 7. The lowest BCUT2D eigenvalue weighted by atomic mass is 10.1. The van der Waals surface area contributed by atoms with Crippen LogP contribution in [0.2, 0.25) is 0 Å². The number of hydrogen-bond acceptors (Lipinski definition) is 4. The van der Waals surface area contributed by atoms with Gasteiger partial charge in [-0.15, -0.1) is 0 Å². The molecule has 0 aliphatic heterocycles. The Balaban J connectivity index is 2.15. The molecule has 1 aromatic carbocycles. The van der Waals surface area contributed by atoms with Gasteiger partial charge in [-0.2, -0.15) is 0 Å². The second-order valence-corrected chi connectivity index (χ2v) is 4.51. The lowest BCUT2D eigenvalue weighted by Gasteiger charge is -2.08. The van der Waals surface area contributed by atoms with Gasteiger partial charge in [0.2, 0.25) is 0 Å². The molecule has 0 aliphatic carbocycles. The smallest absolute Gasteiger partial charge is 0.161 e. The third kappa shape index (κ3) is 3.33. The van der Waals surface area contributed by atoms with E-state index in [1.165, 1.54) is 0 Å². The van der Waals surface area contributed by atoms with Crippen molar-refractivity contribution in [2.45, 2.75) is 19.9 Å². The van der Waals surface area contributed by atoms with Crippen LogP contribution in [0.5, 0.6) is 11.5 Å². The normalized spacial score (nSPS) is 10.6. The molecule has 0 aliphatic rings. The van der Waals surface area contributed by atoms with Crippen molar-refractivity contribution in [3.63, 3.8) is 0 Å². The van der Waals surface area contributed by atoms with Crippen LogP contribution in [0, 0.1) is 0 Å². The molecule has 108 valence electrons. The topological polar surface area (TPSA) is 43.6 Å². The summed E-state index contributed by atoms with van der Waals surface area (Å²) in [5, 5.41) is 3.32. The maximum absolute atomic E-state index is 5.83. The molecular weight excluding hydrogens is 254 g/mol. The van der Waals surface area contributed by atoms with E-state index in [0.29, 0.717) is 11.5 Å². The first-order valence-corrected chi connectivity index (χ1v) is 6.80.